The first kappa shape index (κ1) is 5.95. The highest BCUT2D eigenvalue weighted by Crippen LogP contribution is 2.23. The zero-order valence-electron chi connectivity index (χ0n) is 4.63. The summed E-state index contributed by atoms with van der Waals surface area (Å²) < 4.78 is 4.70. The first-order chi connectivity index (χ1) is 3.70. The predicted octanol–water partition coefficient (Wildman–Crippen LogP) is 0.825. The molecule has 2 atom stereocenters. The summed E-state index contributed by atoms with van der Waals surface area (Å²) >= 11 is 4.00. The summed E-state index contributed by atoms with van der Waals surface area (Å²) in [5.74, 6) is 0.156. The van der Waals surface area contributed by atoms with Gasteiger partial charge in [0.25, 0.3) is 0 Å². The smallest absolute Gasteiger partial charge is 0.307 e. The minimum absolute atomic E-state index is 0.127. The summed E-state index contributed by atoms with van der Waals surface area (Å²) in [7, 11) is 0. The van der Waals surface area contributed by atoms with Crippen molar-refractivity contribution in [3.63, 3.8) is 0 Å². The van der Waals surface area contributed by atoms with Gasteiger partial charge in [0, 0.05) is 5.92 Å². The van der Waals surface area contributed by atoms with Gasteiger partial charge in [-0.2, -0.15) is 0 Å². The second kappa shape index (κ2) is 1.97. The fourth-order valence-electron chi connectivity index (χ4n) is 0.663. The number of ether oxygens (including phenoxy) is 1. The first-order valence-corrected chi connectivity index (χ1v) is 3.09. The van der Waals surface area contributed by atoms with Crippen molar-refractivity contribution in [3.8, 4) is 0 Å². The summed E-state index contributed by atoms with van der Waals surface area (Å²) in [5.41, 5.74) is -0.164. The van der Waals surface area contributed by atoms with Gasteiger partial charge >= 0.3 is 5.97 Å². The van der Waals surface area contributed by atoms with Crippen molar-refractivity contribution in [1.29, 1.82) is 0 Å². The van der Waals surface area contributed by atoms with E-state index in [-0.39, 0.29) is 17.3 Å². The van der Waals surface area contributed by atoms with Gasteiger partial charge < -0.3 is 4.74 Å². The van der Waals surface area contributed by atoms with Gasteiger partial charge in [0.2, 0.25) is 0 Å². The number of cyclic esters (lactones) is 1. The molecular formula is C5H8O2S. The molecule has 0 aromatic carbocycles. The maximum atomic E-state index is 10.4. The van der Waals surface area contributed by atoms with Gasteiger partial charge in [-0.05, 0) is 0 Å². The summed E-state index contributed by atoms with van der Waals surface area (Å²) in [4.78, 5) is 10.4. The Morgan fingerprint density at radius 1 is 1.88 bits per heavy atom. The van der Waals surface area contributed by atoms with E-state index in [1.165, 1.54) is 0 Å². The first-order valence-electron chi connectivity index (χ1n) is 2.57. The van der Waals surface area contributed by atoms with Crippen LogP contribution in [0.25, 0.3) is 0 Å². The van der Waals surface area contributed by atoms with Crippen LogP contribution in [-0.2, 0) is 9.53 Å². The van der Waals surface area contributed by atoms with E-state index in [2.05, 4.69) is 12.6 Å². The van der Waals surface area contributed by atoms with Crippen LogP contribution in [0, 0.1) is 5.92 Å². The third-order valence-electron chi connectivity index (χ3n) is 1.23. The molecule has 0 bridgehead atoms. The van der Waals surface area contributed by atoms with E-state index < -0.39 is 0 Å². The predicted molar refractivity (Wildman–Crippen MR) is 32.6 cm³/mol. The molecule has 0 aliphatic carbocycles. The molecule has 0 radical (unpaired) electrons. The molecule has 1 aliphatic heterocycles. The molecule has 3 heteroatoms. The minimum Gasteiger partial charge on any atom is -0.451 e. The standard InChI is InChI=1S/C5H8O2S/c1-3-2-4(6)7-5(3)8/h3,5,8H,2H2,1H3. The SMILES string of the molecule is CC1CC(=O)OC1S. The molecule has 0 aromatic rings. The van der Waals surface area contributed by atoms with Crippen LogP contribution in [0.1, 0.15) is 13.3 Å². The molecular weight excluding hydrogens is 124 g/mol. The quantitative estimate of drug-likeness (QED) is 0.390. The fourth-order valence-corrected chi connectivity index (χ4v) is 0.886. The van der Waals surface area contributed by atoms with Gasteiger partial charge in [-0.3, -0.25) is 4.79 Å². The third-order valence-corrected chi connectivity index (χ3v) is 1.84. The zero-order chi connectivity index (χ0) is 6.15. The molecule has 0 aromatic heterocycles. The lowest BCUT2D eigenvalue weighted by molar-refractivity contribution is -0.138. The van der Waals surface area contributed by atoms with Gasteiger partial charge in [-0.25, -0.2) is 0 Å². The highest BCUT2D eigenvalue weighted by Gasteiger charge is 2.27. The lowest BCUT2D eigenvalue weighted by Gasteiger charge is -2.02. The topological polar surface area (TPSA) is 26.3 Å². The van der Waals surface area contributed by atoms with E-state index in [0.29, 0.717) is 6.42 Å². The Kier molecular flexibility index (Phi) is 1.47. The van der Waals surface area contributed by atoms with Gasteiger partial charge in [0.1, 0.15) is 5.44 Å². The van der Waals surface area contributed by atoms with Gasteiger partial charge in [0.05, 0.1) is 6.42 Å². The average Bonchev–Trinajstić information content (AvgIpc) is 1.85. The van der Waals surface area contributed by atoms with Gasteiger partial charge in [-0.15, -0.1) is 12.6 Å². The van der Waals surface area contributed by atoms with Crippen molar-refractivity contribution in [3.05, 3.63) is 0 Å². The van der Waals surface area contributed by atoms with Crippen LogP contribution in [0.15, 0.2) is 0 Å². The van der Waals surface area contributed by atoms with Crippen LogP contribution in [0.5, 0.6) is 0 Å². The zero-order valence-corrected chi connectivity index (χ0v) is 5.52. The third kappa shape index (κ3) is 0.968. The molecule has 1 rings (SSSR count). The molecule has 8 heavy (non-hydrogen) atoms. The number of rotatable bonds is 0. The molecule has 2 nitrogen and oxygen atoms in total. The van der Waals surface area contributed by atoms with E-state index in [9.17, 15) is 4.79 Å². The monoisotopic (exact) mass is 132 g/mol. The Balaban J connectivity index is 2.51. The second-order valence-corrected chi connectivity index (χ2v) is 2.57. The van der Waals surface area contributed by atoms with E-state index in [1.807, 2.05) is 6.92 Å². The number of esters is 1. The lowest BCUT2D eigenvalue weighted by atomic mass is 10.2. The molecule has 0 spiro atoms. The lowest BCUT2D eigenvalue weighted by Crippen LogP contribution is -2.02. The summed E-state index contributed by atoms with van der Waals surface area (Å²) in [6.45, 7) is 1.95. The molecule has 0 saturated carbocycles. The minimum atomic E-state index is -0.164. The van der Waals surface area contributed by atoms with Crippen molar-refractivity contribution in [1.82, 2.24) is 0 Å². The average molecular weight is 132 g/mol. The van der Waals surface area contributed by atoms with E-state index in [4.69, 9.17) is 4.74 Å². The maximum absolute atomic E-state index is 10.4. The normalized spacial score (nSPS) is 37.5. The fraction of sp³-hybridized carbons (Fsp3) is 0.800. The van der Waals surface area contributed by atoms with Crippen molar-refractivity contribution in [2.24, 2.45) is 5.92 Å². The van der Waals surface area contributed by atoms with Crippen molar-refractivity contribution >= 4 is 18.6 Å². The largest absolute Gasteiger partial charge is 0.451 e. The van der Waals surface area contributed by atoms with Crippen molar-refractivity contribution < 1.29 is 9.53 Å². The molecule has 0 N–H and O–H groups in total. The maximum Gasteiger partial charge on any atom is 0.307 e. The Morgan fingerprint density at radius 3 is 2.62 bits per heavy atom. The number of thiol groups is 1. The van der Waals surface area contributed by atoms with Gasteiger partial charge in [0.15, 0.2) is 0 Å². The number of carbonyl (C=O) groups excluding carboxylic acids is 1. The van der Waals surface area contributed by atoms with Crippen LogP contribution in [0.4, 0.5) is 0 Å². The second-order valence-electron chi connectivity index (χ2n) is 2.06. The Hall–Kier alpha value is -0.180. The van der Waals surface area contributed by atoms with Crippen LogP contribution >= 0.6 is 12.6 Å². The molecule has 1 fully saturated rings. The highest BCUT2D eigenvalue weighted by molar-refractivity contribution is 7.80. The summed E-state index contributed by atoms with van der Waals surface area (Å²) in [5, 5.41) is 0. The van der Waals surface area contributed by atoms with E-state index in [1.54, 1.807) is 0 Å². The molecule has 2 unspecified atom stereocenters. The summed E-state index contributed by atoms with van der Waals surface area (Å²) in [6.07, 6.45) is 0.522. The van der Waals surface area contributed by atoms with Gasteiger partial charge in [-0.1, -0.05) is 6.92 Å². The summed E-state index contributed by atoms with van der Waals surface area (Å²) in [6, 6.07) is 0. The van der Waals surface area contributed by atoms with E-state index >= 15 is 0 Å². The Labute approximate surface area is 53.6 Å². The van der Waals surface area contributed by atoms with Crippen LogP contribution in [0.3, 0.4) is 0 Å². The molecule has 1 aliphatic rings. The van der Waals surface area contributed by atoms with Crippen LogP contribution < -0.4 is 0 Å². The number of hydrogen-bond acceptors (Lipinski definition) is 3. The van der Waals surface area contributed by atoms with Crippen molar-refractivity contribution in [2.75, 3.05) is 0 Å². The number of hydrogen-bond donors (Lipinski definition) is 1. The van der Waals surface area contributed by atoms with Crippen LogP contribution in [0.2, 0.25) is 0 Å². The van der Waals surface area contributed by atoms with Crippen LogP contribution in [-0.4, -0.2) is 11.4 Å². The molecule has 1 saturated heterocycles. The Morgan fingerprint density at radius 2 is 2.50 bits per heavy atom. The Bertz CT molecular complexity index is 101. The molecule has 0 amide bonds. The number of carbonyl (C=O) groups is 1. The molecule has 1 heterocycles. The van der Waals surface area contributed by atoms with E-state index in [0.717, 1.165) is 0 Å². The van der Waals surface area contributed by atoms with Crippen molar-refractivity contribution in [2.45, 2.75) is 18.8 Å². The molecule has 46 valence electrons. The highest BCUT2D eigenvalue weighted by atomic mass is 32.1.